The first-order valence-corrected chi connectivity index (χ1v) is 9.97. The molecule has 0 atom stereocenters. The van der Waals surface area contributed by atoms with E-state index in [0.717, 1.165) is 40.2 Å². The average molecular weight is 418 g/mol. The van der Waals surface area contributed by atoms with Gasteiger partial charge in [0.25, 0.3) is 11.1 Å². The van der Waals surface area contributed by atoms with Crippen molar-refractivity contribution in [2.45, 2.75) is 27.3 Å². The lowest BCUT2D eigenvalue weighted by atomic mass is 10.2. The molecule has 1 aliphatic rings. The fourth-order valence-corrected chi connectivity index (χ4v) is 4.17. The van der Waals surface area contributed by atoms with E-state index in [0.29, 0.717) is 15.6 Å². The third kappa shape index (κ3) is 4.15. The smallest absolute Gasteiger partial charge is 0.294 e. The quantitative estimate of drug-likeness (QED) is 0.729. The van der Waals surface area contributed by atoms with E-state index in [-0.39, 0.29) is 6.54 Å². The van der Waals surface area contributed by atoms with Crippen molar-refractivity contribution in [2.75, 3.05) is 11.9 Å². The van der Waals surface area contributed by atoms with Gasteiger partial charge in [0.15, 0.2) is 0 Å². The second-order valence-electron chi connectivity index (χ2n) is 6.40. The molecule has 1 fully saturated rings. The summed E-state index contributed by atoms with van der Waals surface area (Å²) in [6.07, 6.45) is 1.72. The molecule has 28 heavy (non-hydrogen) atoms. The van der Waals surface area contributed by atoms with Gasteiger partial charge in [0, 0.05) is 28.6 Å². The van der Waals surface area contributed by atoms with Crippen LogP contribution in [0.2, 0.25) is 5.02 Å². The SMILES string of the molecule is CCn1c(C)cc(/C=C2\SC(=O)N(CC(=O)Nc3cccc(Cl)c3)C2=O)c1C. The Morgan fingerprint density at radius 1 is 1.25 bits per heavy atom. The van der Waals surface area contributed by atoms with Gasteiger partial charge >= 0.3 is 0 Å². The van der Waals surface area contributed by atoms with Gasteiger partial charge in [-0.15, -0.1) is 0 Å². The molecule has 6 nitrogen and oxygen atoms in total. The van der Waals surface area contributed by atoms with E-state index in [1.54, 1.807) is 30.3 Å². The fraction of sp³-hybridized carbons (Fsp3) is 0.250. The Bertz CT molecular complexity index is 997. The molecule has 8 heteroatoms. The van der Waals surface area contributed by atoms with Gasteiger partial charge in [-0.3, -0.25) is 19.3 Å². The fourth-order valence-electron chi connectivity index (χ4n) is 3.15. The molecule has 3 amide bonds. The summed E-state index contributed by atoms with van der Waals surface area (Å²) in [4.78, 5) is 38.4. The summed E-state index contributed by atoms with van der Waals surface area (Å²) in [6, 6.07) is 8.65. The largest absolute Gasteiger partial charge is 0.349 e. The first-order valence-electron chi connectivity index (χ1n) is 8.77. The summed E-state index contributed by atoms with van der Waals surface area (Å²) in [5, 5.41) is 2.67. The highest BCUT2D eigenvalue weighted by atomic mass is 35.5. The van der Waals surface area contributed by atoms with Gasteiger partial charge in [-0.05, 0) is 68.4 Å². The van der Waals surface area contributed by atoms with Gasteiger partial charge in [0.2, 0.25) is 5.91 Å². The topological polar surface area (TPSA) is 71.4 Å². The van der Waals surface area contributed by atoms with Crippen LogP contribution in [-0.2, 0) is 16.1 Å². The van der Waals surface area contributed by atoms with Crippen LogP contribution >= 0.6 is 23.4 Å². The van der Waals surface area contributed by atoms with Crippen LogP contribution in [0.1, 0.15) is 23.9 Å². The molecular weight excluding hydrogens is 398 g/mol. The Morgan fingerprint density at radius 3 is 2.64 bits per heavy atom. The number of aromatic nitrogens is 1. The van der Waals surface area contributed by atoms with Crippen molar-refractivity contribution >= 4 is 52.2 Å². The molecule has 3 rings (SSSR count). The van der Waals surface area contributed by atoms with E-state index in [9.17, 15) is 14.4 Å². The molecule has 0 aliphatic carbocycles. The predicted molar refractivity (Wildman–Crippen MR) is 112 cm³/mol. The Balaban J connectivity index is 1.74. The molecule has 0 radical (unpaired) electrons. The normalized spacial score (nSPS) is 15.6. The van der Waals surface area contributed by atoms with Crippen molar-refractivity contribution in [3.8, 4) is 0 Å². The lowest BCUT2D eigenvalue weighted by Crippen LogP contribution is -2.36. The van der Waals surface area contributed by atoms with Gasteiger partial charge in [-0.2, -0.15) is 0 Å². The molecule has 0 unspecified atom stereocenters. The molecule has 1 aliphatic heterocycles. The lowest BCUT2D eigenvalue weighted by Gasteiger charge is -2.12. The molecule has 0 spiro atoms. The Hall–Kier alpha value is -2.51. The van der Waals surface area contributed by atoms with Crippen LogP contribution in [0.4, 0.5) is 10.5 Å². The number of halogens is 1. The Morgan fingerprint density at radius 2 is 2.00 bits per heavy atom. The number of nitrogens with zero attached hydrogens (tertiary/aromatic N) is 2. The standard InChI is InChI=1S/C20H20ClN3O3S/c1-4-23-12(2)8-14(13(23)3)9-17-19(26)24(20(27)28-17)11-18(25)22-16-7-5-6-15(21)10-16/h5-10H,4,11H2,1-3H3,(H,22,25)/b17-9-. The van der Waals surface area contributed by atoms with Crippen LogP contribution in [0.5, 0.6) is 0 Å². The number of imide groups is 1. The highest BCUT2D eigenvalue weighted by molar-refractivity contribution is 8.18. The number of rotatable bonds is 5. The molecule has 1 aromatic carbocycles. The zero-order valence-electron chi connectivity index (χ0n) is 15.8. The van der Waals surface area contributed by atoms with E-state index in [4.69, 9.17) is 11.6 Å². The van der Waals surface area contributed by atoms with Crippen LogP contribution in [0.15, 0.2) is 35.2 Å². The number of hydrogen-bond donors (Lipinski definition) is 1. The molecule has 146 valence electrons. The Labute approximate surface area is 172 Å². The summed E-state index contributed by atoms with van der Waals surface area (Å²) < 4.78 is 2.13. The minimum Gasteiger partial charge on any atom is -0.349 e. The van der Waals surface area contributed by atoms with Gasteiger partial charge in [0.05, 0.1) is 4.91 Å². The summed E-state index contributed by atoms with van der Waals surface area (Å²) in [6.45, 7) is 6.51. The maximum atomic E-state index is 12.6. The van der Waals surface area contributed by atoms with E-state index in [1.807, 2.05) is 19.9 Å². The zero-order chi connectivity index (χ0) is 20.4. The third-order valence-electron chi connectivity index (χ3n) is 4.50. The lowest BCUT2D eigenvalue weighted by molar-refractivity contribution is -0.127. The predicted octanol–water partition coefficient (Wildman–Crippen LogP) is 4.45. The number of amides is 3. The summed E-state index contributed by atoms with van der Waals surface area (Å²) in [5.41, 5.74) is 3.53. The van der Waals surface area contributed by atoms with Gasteiger partial charge in [-0.1, -0.05) is 17.7 Å². The minimum absolute atomic E-state index is 0.317. The van der Waals surface area contributed by atoms with Gasteiger partial charge in [-0.25, -0.2) is 0 Å². The average Bonchev–Trinajstić information content (AvgIpc) is 3.04. The molecule has 1 N–H and O–H groups in total. The maximum absolute atomic E-state index is 12.6. The van der Waals surface area contributed by atoms with Crippen molar-refractivity contribution in [2.24, 2.45) is 0 Å². The molecular formula is C20H20ClN3O3S. The van der Waals surface area contributed by atoms with Gasteiger partial charge < -0.3 is 9.88 Å². The van der Waals surface area contributed by atoms with E-state index in [1.165, 1.54) is 0 Å². The van der Waals surface area contributed by atoms with Crippen molar-refractivity contribution in [3.63, 3.8) is 0 Å². The maximum Gasteiger partial charge on any atom is 0.294 e. The minimum atomic E-state index is -0.463. The summed E-state index contributed by atoms with van der Waals surface area (Å²) in [5.74, 6) is -0.924. The van der Waals surface area contributed by atoms with Crippen LogP contribution in [0.25, 0.3) is 6.08 Å². The number of aryl methyl sites for hydroxylation is 1. The second kappa shape index (κ2) is 8.24. The molecule has 1 aromatic heterocycles. The molecule has 2 aromatic rings. The molecule has 1 saturated heterocycles. The van der Waals surface area contributed by atoms with Crippen molar-refractivity contribution in [1.82, 2.24) is 9.47 Å². The van der Waals surface area contributed by atoms with Crippen LogP contribution < -0.4 is 5.32 Å². The Kier molecular flexibility index (Phi) is 5.96. The number of hydrogen-bond acceptors (Lipinski definition) is 4. The van der Waals surface area contributed by atoms with E-state index < -0.39 is 17.1 Å². The number of anilines is 1. The number of carbonyl (C=O) groups excluding carboxylic acids is 3. The molecule has 2 heterocycles. The number of thioether (sulfide) groups is 1. The first-order chi connectivity index (χ1) is 13.3. The van der Waals surface area contributed by atoms with Crippen LogP contribution in [0.3, 0.4) is 0 Å². The summed E-state index contributed by atoms with van der Waals surface area (Å²) in [7, 11) is 0. The highest BCUT2D eigenvalue weighted by Crippen LogP contribution is 2.33. The van der Waals surface area contributed by atoms with Crippen molar-refractivity contribution in [3.05, 3.63) is 57.2 Å². The molecule has 0 bridgehead atoms. The van der Waals surface area contributed by atoms with Crippen molar-refractivity contribution in [1.29, 1.82) is 0 Å². The number of carbonyl (C=O) groups is 3. The summed E-state index contributed by atoms with van der Waals surface area (Å²) >= 11 is 6.74. The number of benzene rings is 1. The van der Waals surface area contributed by atoms with Gasteiger partial charge in [0.1, 0.15) is 6.54 Å². The zero-order valence-corrected chi connectivity index (χ0v) is 17.4. The highest BCUT2D eigenvalue weighted by Gasteiger charge is 2.36. The van der Waals surface area contributed by atoms with Crippen LogP contribution in [-0.4, -0.2) is 33.1 Å². The van der Waals surface area contributed by atoms with Crippen molar-refractivity contribution < 1.29 is 14.4 Å². The van der Waals surface area contributed by atoms with E-state index >= 15 is 0 Å². The molecule has 0 saturated carbocycles. The number of nitrogens with one attached hydrogen (secondary N) is 1. The van der Waals surface area contributed by atoms with E-state index in [2.05, 4.69) is 16.8 Å². The third-order valence-corrected chi connectivity index (χ3v) is 5.64. The van der Waals surface area contributed by atoms with Crippen LogP contribution in [0, 0.1) is 13.8 Å². The monoisotopic (exact) mass is 417 g/mol. The first kappa shape index (κ1) is 20.2. The second-order valence-corrected chi connectivity index (χ2v) is 7.83.